The first kappa shape index (κ1) is 21.9. The third-order valence-electron chi connectivity index (χ3n) is 6.94. The Labute approximate surface area is 199 Å². The molecule has 33 heavy (non-hydrogen) atoms. The summed E-state index contributed by atoms with van der Waals surface area (Å²) in [6.07, 6.45) is 1.77. The summed E-state index contributed by atoms with van der Waals surface area (Å²) < 4.78 is 14.3. The molecule has 2 heterocycles. The average molecular weight is 464 g/mol. The smallest absolute Gasteiger partial charge is 0.307 e. The van der Waals surface area contributed by atoms with Gasteiger partial charge in [0.25, 0.3) is 0 Å². The van der Waals surface area contributed by atoms with Crippen molar-refractivity contribution in [1.29, 1.82) is 0 Å². The Balaban J connectivity index is 1.34. The van der Waals surface area contributed by atoms with Gasteiger partial charge in [-0.15, -0.1) is 0 Å². The Bertz CT molecular complexity index is 1170. The minimum atomic E-state index is -0.257. The van der Waals surface area contributed by atoms with Crippen LogP contribution in [-0.4, -0.2) is 30.6 Å². The van der Waals surface area contributed by atoms with Gasteiger partial charge in [-0.1, -0.05) is 47.5 Å². The third kappa shape index (κ3) is 4.48. The minimum absolute atomic E-state index is 0.218. The zero-order valence-corrected chi connectivity index (χ0v) is 19.4. The summed E-state index contributed by atoms with van der Waals surface area (Å²) in [5, 5.41) is 3.51. The van der Waals surface area contributed by atoms with Gasteiger partial charge in [-0.05, 0) is 80.4 Å². The van der Waals surface area contributed by atoms with Crippen molar-refractivity contribution in [2.24, 2.45) is 0 Å². The summed E-state index contributed by atoms with van der Waals surface area (Å²) in [6, 6.07) is 20.3. The van der Waals surface area contributed by atoms with Crippen molar-refractivity contribution in [3.05, 3.63) is 94.3 Å². The first-order valence-corrected chi connectivity index (χ1v) is 11.7. The van der Waals surface area contributed by atoms with E-state index in [9.17, 15) is 9.18 Å². The minimum Gasteiger partial charge on any atom is -0.307 e. The molecule has 1 spiro atoms. The Morgan fingerprint density at radius 1 is 1.06 bits per heavy atom. The van der Waals surface area contributed by atoms with Gasteiger partial charge in [-0.3, -0.25) is 9.80 Å². The zero-order chi connectivity index (χ0) is 23.0. The summed E-state index contributed by atoms with van der Waals surface area (Å²) in [7, 11) is 0. The molecule has 1 saturated heterocycles. The lowest BCUT2D eigenvalue weighted by Gasteiger charge is -2.40. The molecular weight excluding hydrogens is 437 g/mol. The molecule has 2 aliphatic heterocycles. The number of benzene rings is 3. The van der Waals surface area contributed by atoms with Crippen LogP contribution < -0.4 is 10.2 Å². The van der Waals surface area contributed by atoms with E-state index in [4.69, 9.17) is 11.6 Å². The van der Waals surface area contributed by atoms with Crippen molar-refractivity contribution >= 4 is 29.0 Å². The van der Waals surface area contributed by atoms with Gasteiger partial charge >= 0.3 is 6.03 Å². The molecule has 6 heteroatoms. The predicted octanol–water partition coefficient (Wildman–Crippen LogP) is 6.37. The molecule has 5 rings (SSSR count). The number of nitrogens with zero attached hydrogens (tertiary/aromatic N) is 2. The molecule has 2 amide bonds. The molecule has 4 nitrogen and oxygen atoms in total. The molecule has 3 aromatic rings. The number of nitrogens with one attached hydrogen (secondary N) is 1. The van der Waals surface area contributed by atoms with E-state index < -0.39 is 0 Å². The quantitative estimate of drug-likeness (QED) is 0.489. The fraction of sp³-hybridized carbons (Fsp3) is 0.296. The first-order chi connectivity index (χ1) is 15.9. The van der Waals surface area contributed by atoms with Gasteiger partial charge in [0, 0.05) is 34.9 Å². The Kier molecular flexibility index (Phi) is 5.85. The number of likely N-dealkylation sites (tertiary alicyclic amines) is 1. The number of piperidine rings is 1. The summed E-state index contributed by atoms with van der Waals surface area (Å²) in [4.78, 5) is 17.4. The maximum Gasteiger partial charge on any atom is 0.326 e. The number of carbonyl (C=O) groups is 1. The molecule has 0 saturated carbocycles. The first-order valence-electron chi connectivity index (χ1n) is 11.3. The number of hydrogen-bond donors (Lipinski definition) is 1. The second kappa shape index (κ2) is 8.81. The van der Waals surface area contributed by atoms with Gasteiger partial charge in [0.1, 0.15) is 5.82 Å². The van der Waals surface area contributed by atoms with Crippen molar-refractivity contribution in [3.63, 3.8) is 0 Å². The molecule has 170 valence electrons. The second-order valence-electron chi connectivity index (χ2n) is 9.23. The molecule has 0 atom stereocenters. The van der Waals surface area contributed by atoms with Crippen LogP contribution in [-0.2, 0) is 12.0 Å². The molecule has 3 aromatic carbocycles. The van der Waals surface area contributed by atoms with E-state index in [1.165, 1.54) is 17.2 Å². The van der Waals surface area contributed by atoms with Gasteiger partial charge in [0.05, 0.1) is 0 Å². The standard InChI is InChI=1S/C27H27ClFN3O/c1-19-5-7-20(8-6-19)17-31-13-11-27(12-14-31)18-32(25-10-9-22(29)16-24(25)27)26(33)30-23-4-2-3-21(28)15-23/h2-10,15-16H,11-14,17-18H2,1H3,(H,30,33). The molecule has 1 N–H and O–H groups in total. The summed E-state index contributed by atoms with van der Waals surface area (Å²) in [5.41, 5.74) is 4.72. The molecule has 0 aromatic heterocycles. The average Bonchev–Trinajstić information content (AvgIpc) is 3.10. The highest BCUT2D eigenvalue weighted by Gasteiger charge is 2.46. The highest BCUT2D eigenvalue weighted by molar-refractivity contribution is 6.30. The Morgan fingerprint density at radius 3 is 2.55 bits per heavy atom. The topological polar surface area (TPSA) is 35.6 Å². The van der Waals surface area contributed by atoms with E-state index in [-0.39, 0.29) is 17.3 Å². The predicted molar refractivity (Wildman–Crippen MR) is 132 cm³/mol. The number of halogens is 2. The number of urea groups is 1. The Morgan fingerprint density at radius 2 is 1.82 bits per heavy atom. The molecule has 1 fully saturated rings. The number of aryl methyl sites for hydroxylation is 1. The summed E-state index contributed by atoms with van der Waals surface area (Å²) in [6.45, 7) is 5.38. The number of anilines is 2. The van der Waals surface area contributed by atoms with Crippen LogP contribution in [0.3, 0.4) is 0 Å². The van der Waals surface area contributed by atoms with Crippen LogP contribution in [0.1, 0.15) is 29.5 Å². The van der Waals surface area contributed by atoms with Crippen LogP contribution in [0, 0.1) is 12.7 Å². The molecule has 2 aliphatic rings. The molecular formula is C27H27ClFN3O. The highest BCUT2D eigenvalue weighted by Crippen LogP contribution is 2.47. The number of amides is 2. The largest absolute Gasteiger partial charge is 0.326 e. The van der Waals surface area contributed by atoms with E-state index in [1.807, 2.05) is 6.07 Å². The van der Waals surface area contributed by atoms with Crippen LogP contribution >= 0.6 is 11.6 Å². The van der Waals surface area contributed by atoms with Gasteiger partial charge in [0.15, 0.2) is 0 Å². The van der Waals surface area contributed by atoms with Crippen LogP contribution in [0.25, 0.3) is 0 Å². The van der Waals surface area contributed by atoms with Crippen molar-refractivity contribution in [2.75, 3.05) is 29.9 Å². The lowest BCUT2D eigenvalue weighted by molar-refractivity contribution is 0.160. The van der Waals surface area contributed by atoms with E-state index in [2.05, 4.69) is 41.4 Å². The monoisotopic (exact) mass is 463 g/mol. The van der Waals surface area contributed by atoms with E-state index in [0.717, 1.165) is 43.7 Å². The third-order valence-corrected chi connectivity index (χ3v) is 7.18. The van der Waals surface area contributed by atoms with E-state index in [0.29, 0.717) is 17.3 Å². The van der Waals surface area contributed by atoms with Crippen molar-refractivity contribution in [2.45, 2.75) is 31.7 Å². The molecule has 0 bridgehead atoms. The van der Waals surface area contributed by atoms with Crippen LogP contribution in [0.5, 0.6) is 0 Å². The summed E-state index contributed by atoms with van der Waals surface area (Å²) in [5.74, 6) is -0.257. The lowest BCUT2D eigenvalue weighted by Crippen LogP contribution is -2.46. The van der Waals surface area contributed by atoms with Crippen molar-refractivity contribution in [1.82, 2.24) is 4.90 Å². The number of rotatable bonds is 3. The fourth-order valence-electron chi connectivity index (χ4n) is 5.10. The van der Waals surface area contributed by atoms with Gasteiger partial charge in [-0.25, -0.2) is 9.18 Å². The maximum atomic E-state index is 14.3. The summed E-state index contributed by atoms with van der Waals surface area (Å²) >= 11 is 6.07. The van der Waals surface area contributed by atoms with Crippen molar-refractivity contribution in [3.8, 4) is 0 Å². The highest BCUT2D eigenvalue weighted by atomic mass is 35.5. The van der Waals surface area contributed by atoms with Crippen LogP contribution in [0.15, 0.2) is 66.7 Å². The number of fused-ring (bicyclic) bond motifs is 2. The van der Waals surface area contributed by atoms with Crippen molar-refractivity contribution < 1.29 is 9.18 Å². The normalized spacial score (nSPS) is 17.2. The zero-order valence-electron chi connectivity index (χ0n) is 18.7. The van der Waals surface area contributed by atoms with Gasteiger partial charge in [0.2, 0.25) is 0 Å². The second-order valence-corrected chi connectivity index (χ2v) is 9.67. The molecule has 0 aliphatic carbocycles. The molecule has 0 radical (unpaired) electrons. The van der Waals surface area contributed by atoms with Gasteiger partial charge < -0.3 is 5.32 Å². The lowest BCUT2D eigenvalue weighted by atomic mass is 9.74. The number of hydrogen-bond acceptors (Lipinski definition) is 2. The maximum absolute atomic E-state index is 14.3. The molecule has 0 unspecified atom stereocenters. The van der Waals surface area contributed by atoms with Crippen LogP contribution in [0.2, 0.25) is 5.02 Å². The van der Waals surface area contributed by atoms with E-state index in [1.54, 1.807) is 35.2 Å². The Hall–Kier alpha value is -2.89. The fourth-order valence-corrected chi connectivity index (χ4v) is 5.29. The van der Waals surface area contributed by atoms with E-state index >= 15 is 0 Å². The van der Waals surface area contributed by atoms with Gasteiger partial charge in [-0.2, -0.15) is 0 Å². The van der Waals surface area contributed by atoms with Crippen LogP contribution in [0.4, 0.5) is 20.6 Å². The SMILES string of the molecule is Cc1ccc(CN2CCC3(CC2)CN(C(=O)Nc2cccc(Cl)c2)c2ccc(F)cc23)cc1. The number of carbonyl (C=O) groups excluding carboxylic acids is 1.